The van der Waals surface area contributed by atoms with E-state index in [4.69, 9.17) is 0 Å². The molecule has 0 amide bonds. The van der Waals surface area contributed by atoms with E-state index in [0.29, 0.717) is 13.2 Å². The summed E-state index contributed by atoms with van der Waals surface area (Å²) < 4.78 is 6.77. The van der Waals surface area contributed by atoms with Crippen LogP contribution in [0.25, 0.3) is 34.4 Å². The van der Waals surface area contributed by atoms with Gasteiger partial charge in [0.05, 0.1) is 0 Å². The topological polar surface area (TPSA) is 0 Å². The van der Waals surface area contributed by atoms with E-state index in [2.05, 4.69) is 148 Å². The van der Waals surface area contributed by atoms with E-state index in [1.54, 1.807) is 27.8 Å². The van der Waals surface area contributed by atoms with Gasteiger partial charge in [0.1, 0.15) is 0 Å². The van der Waals surface area contributed by atoms with Crippen molar-refractivity contribution in [1.29, 1.82) is 0 Å². The van der Waals surface area contributed by atoms with Gasteiger partial charge < -0.3 is 0 Å². The minimum absolute atomic E-state index is 0. The third-order valence-electron chi connectivity index (χ3n) is 14.1. The fourth-order valence-corrected chi connectivity index (χ4v) is 31.8. The number of benzene rings is 4. The first-order valence-corrected chi connectivity index (χ1v) is 34.4. The van der Waals surface area contributed by atoms with Crippen LogP contribution in [-0.2, 0) is 22.8 Å². The Bertz CT molecular complexity index is 2110. The molecule has 2 saturated carbocycles. The molecule has 2 unspecified atom stereocenters. The van der Waals surface area contributed by atoms with Crippen LogP contribution in [0.1, 0.15) is 139 Å². The molecular formula is C50H64Cl2SiZr. The van der Waals surface area contributed by atoms with Crippen molar-refractivity contribution in [3.05, 3.63) is 129 Å². The molecule has 4 heteroatoms. The van der Waals surface area contributed by atoms with Crippen molar-refractivity contribution in [3.63, 3.8) is 0 Å². The van der Waals surface area contributed by atoms with Crippen molar-refractivity contribution < 1.29 is 17.4 Å². The van der Waals surface area contributed by atoms with Crippen LogP contribution in [0.5, 0.6) is 0 Å². The summed E-state index contributed by atoms with van der Waals surface area (Å²) in [6.07, 6.45) is 17.7. The summed E-state index contributed by atoms with van der Waals surface area (Å²) in [5.74, 6) is 2.30. The van der Waals surface area contributed by atoms with E-state index >= 15 is 0 Å². The first-order valence-electron chi connectivity index (χ1n) is 20.7. The van der Waals surface area contributed by atoms with Crippen molar-refractivity contribution in [2.75, 3.05) is 0 Å². The smallest absolute Gasteiger partial charge is 0.147 e. The van der Waals surface area contributed by atoms with Crippen molar-refractivity contribution in [1.82, 2.24) is 0 Å². The third kappa shape index (κ3) is 7.58. The van der Waals surface area contributed by atoms with Crippen LogP contribution in [0.2, 0.25) is 9.26 Å². The van der Waals surface area contributed by atoms with Gasteiger partial charge in [-0.1, -0.05) is 0 Å². The Morgan fingerprint density at radius 3 is 1.67 bits per heavy atom. The molecule has 4 aliphatic rings. The zero-order valence-electron chi connectivity index (χ0n) is 34.0. The van der Waals surface area contributed by atoms with Crippen molar-refractivity contribution >= 4 is 43.8 Å². The maximum absolute atomic E-state index is 3.74. The molecule has 0 aromatic heterocycles. The normalized spacial score (nSPS) is 23.0. The van der Waals surface area contributed by atoms with Crippen molar-refractivity contribution in [2.24, 2.45) is 11.8 Å². The molecular weight excluding hydrogens is 791 g/mol. The molecule has 0 aliphatic heterocycles. The number of rotatable bonds is 6. The van der Waals surface area contributed by atoms with E-state index in [-0.39, 0.29) is 30.2 Å². The molecule has 2 fully saturated rings. The summed E-state index contributed by atoms with van der Waals surface area (Å²) >= 11 is -3.74. The van der Waals surface area contributed by atoms with Crippen molar-refractivity contribution in [3.8, 4) is 22.3 Å². The zero-order valence-corrected chi connectivity index (χ0v) is 39.5. The van der Waals surface area contributed by atoms with Gasteiger partial charge in [0.15, 0.2) is 0 Å². The van der Waals surface area contributed by atoms with E-state index in [9.17, 15) is 0 Å². The molecule has 8 rings (SSSR count). The Balaban J connectivity index is 0.00000249. The maximum Gasteiger partial charge on any atom is -0.147 e. The van der Waals surface area contributed by atoms with E-state index in [0.717, 1.165) is 11.8 Å². The van der Waals surface area contributed by atoms with Gasteiger partial charge in [-0.2, -0.15) is 0 Å². The van der Waals surface area contributed by atoms with Crippen LogP contribution in [0, 0.1) is 11.8 Å². The molecule has 0 N–H and O–H groups in total. The van der Waals surface area contributed by atoms with E-state index in [1.807, 2.05) is 0 Å². The van der Waals surface area contributed by atoms with Gasteiger partial charge in [-0.3, -0.25) is 0 Å². The molecule has 0 heterocycles. The third-order valence-corrected chi connectivity index (χ3v) is 31.7. The molecule has 0 spiro atoms. The summed E-state index contributed by atoms with van der Waals surface area (Å²) in [5.41, 5.74) is 18.4. The van der Waals surface area contributed by atoms with Gasteiger partial charge >= 0.3 is 320 Å². The largest absolute Gasteiger partial charge is 0.147 e. The minimum atomic E-state index is -3.74. The average Bonchev–Trinajstić information content (AvgIpc) is 3.71. The van der Waals surface area contributed by atoms with Crippen molar-refractivity contribution in [2.45, 2.75) is 120 Å². The standard InChI is InChI=1S/C26H31.C22H23.2CH3.2ClH.H2Si.Zr/c1-18-8-10-19(11-9-18)22-16-21-6-5-7-24(25(21)17-22)20-12-14-23(15-13-20)26(2,3)4;1-16-14-20-8-5-9-21(22(20)15-16)19-12-10-18(11-13-19)17-6-3-2-4-7-17;;;;;;/h5-7,12-19H,8-11H2,1-4H3;5,8-15,17H,2-4,6-7H2,1H3;2*1H3;2*1H;1H2;. The Morgan fingerprint density at radius 2 is 1.11 bits per heavy atom. The molecule has 54 heavy (non-hydrogen) atoms. The maximum atomic E-state index is 2.84. The van der Waals surface area contributed by atoms with Gasteiger partial charge in [0, 0.05) is 0 Å². The fourth-order valence-electron chi connectivity index (χ4n) is 11.4. The molecule has 0 saturated heterocycles. The summed E-state index contributed by atoms with van der Waals surface area (Å²) in [6, 6.07) is 33.9. The van der Waals surface area contributed by atoms with Gasteiger partial charge in [0.25, 0.3) is 0 Å². The average molecular weight is 855 g/mol. The Hall–Kier alpha value is -1.96. The number of fused-ring (bicyclic) bond motifs is 2. The molecule has 4 aliphatic carbocycles. The second-order valence-corrected chi connectivity index (χ2v) is 50.2. The minimum Gasteiger partial charge on any atom is -0.147 e. The molecule has 2 atom stereocenters. The van der Waals surface area contributed by atoms with E-state index < -0.39 is 17.4 Å². The van der Waals surface area contributed by atoms with Crippen LogP contribution >= 0.6 is 24.8 Å². The second kappa shape index (κ2) is 15.8. The predicted molar refractivity (Wildman–Crippen MR) is 241 cm³/mol. The SMILES string of the molecule is CC1=Cc2c(-c3ccc(C4CCCCC4)cc3)cccc2[CH]1[Zr]([CH3])([CH3])(=[SiH2])[CH]1C(C2CCC(C)CC2)=Cc2c(-c3ccc(C(C)(C)C)cc3)cccc21.Cl.Cl. The number of hydrogen-bond acceptors (Lipinski definition) is 0. The monoisotopic (exact) mass is 852 g/mol. The summed E-state index contributed by atoms with van der Waals surface area (Å²) in [4.78, 5) is 0. The van der Waals surface area contributed by atoms with Gasteiger partial charge in [-0.25, -0.2) is 0 Å². The predicted octanol–water partition coefficient (Wildman–Crippen LogP) is 15.0. The van der Waals surface area contributed by atoms with Crippen LogP contribution in [0.4, 0.5) is 0 Å². The molecule has 0 bridgehead atoms. The summed E-state index contributed by atoms with van der Waals surface area (Å²) in [6.45, 7) is 14.4. The molecule has 286 valence electrons. The molecule has 4 aromatic rings. The number of halogens is 2. The van der Waals surface area contributed by atoms with Crippen LogP contribution in [0.3, 0.4) is 0 Å². The van der Waals surface area contributed by atoms with Crippen LogP contribution in [0.15, 0.2) is 96.1 Å². The van der Waals surface area contributed by atoms with Gasteiger partial charge in [0.2, 0.25) is 0 Å². The summed E-state index contributed by atoms with van der Waals surface area (Å²) in [5, 5.41) is 0. The second-order valence-electron chi connectivity index (χ2n) is 19.7. The van der Waals surface area contributed by atoms with Gasteiger partial charge in [-0.15, -0.1) is 24.8 Å². The van der Waals surface area contributed by atoms with Crippen LogP contribution in [-0.4, -0.2) is 6.88 Å². The number of allylic oxidation sites excluding steroid dienone is 2. The van der Waals surface area contributed by atoms with Crippen LogP contribution < -0.4 is 0 Å². The first-order chi connectivity index (χ1) is 24.8. The van der Waals surface area contributed by atoms with E-state index in [1.165, 1.54) is 96.7 Å². The zero-order chi connectivity index (χ0) is 36.4. The first kappa shape index (κ1) is 41.7. The molecule has 0 nitrogen and oxygen atoms in total. The van der Waals surface area contributed by atoms with Gasteiger partial charge in [-0.05, 0) is 0 Å². The number of hydrogen-bond donors (Lipinski definition) is 0. The Labute approximate surface area is 342 Å². The Morgan fingerprint density at radius 1 is 0.593 bits per heavy atom. The molecule has 4 aromatic carbocycles. The quantitative estimate of drug-likeness (QED) is 0.170. The Kier molecular flexibility index (Phi) is 12.2. The summed E-state index contributed by atoms with van der Waals surface area (Å²) in [7, 11) is 0. The molecule has 0 radical (unpaired) electrons. The fraction of sp³-hybridized carbons (Fsp3) is 0.440.